The molecule has 2 aliphatic heterocycles. The highest BCUT2D eigenvalue weighted by molar-refractivity contribution is 9.10. The van der Waals surface area contributed by atoms with Gasteiger partial charge in [0.1, 0.15) is 16.5 Å². The van der Waals surface area contributed by atoms with E-state index in [9.17, 15) is 13.7 Å². The standard InChI is InChI=1S/C26H20BrN3O3S/c1-16-10-12-17(13-11-16)15-30-22-9-5-3-7-19(22)24-25(34(30,31)32)23(20(14-28)26(29)33-24)18-6-2-4-8-21(18)27/h2-13,23H,15,29H2,1H3/t23-/m1/s1. The molecule has 0 radical (unpaired) electrons. The molecule has 0 saturated carbocycles. The molecule has 34 heavy (non-hydrogen) atoms. The molecule has 0 fully saturated rings. The lowest BCUT2D eigenvalue weighted by Crippen LogP contribution is -2.39. The van der Waals surface area contributed by atoms with Gasteiger partial charge in [-0.05, 0) is 36.2 Å². The number of hydrogen-bond donors (Lipinski definition) is 1. The molecule has 170 valence electrons. The summed E-state index contributed by atoms with van der Waals surface area (Å²) in [5, 5.41) is 9.95. The van der Waals surface area contributed by atoms with E-state index in [0.29, 0.717) is 21.3 Å². The number of hydrogen-bond acceptors (Lipinski definition) is 5. The van der Waals surface area contributed by atoms with Crippen molar-refractivity contribution in [3.05, 3.63) is 116 Å². The maximum absolute atomic E-state index is 14.2. The van der Waals surface area contributed by atoms with Crippen LogP contribution in [0.5, 0.6) is 0 Å². The number of rotatable bonds is 3. The predicted octanol–water partition coefficient (Wildman–Crippen LogP) is 5.28. The number of nitrogens with two attached hydrogens (primary N) is 1. The van der Waals surface area contributed by atoms with Crippen LogP contribution in [0.25, 0.3) is 5.76 Å². The van der Waals surface area contributed by atoms with Crippen molar-refractivity contribution in [2.45, 2.75) is 19.4 Å². The van der Waals surface area contributed by atoms with Crippen LogP contribution < -0.4 is 10.0 Å². The highest BCUT2D eigenvalue weighted by Gasteiger charge is 2.47. The lowest BCUT2D eigenvalue weighted by molar-refractivity contribution is 0.357. The van der Waals surface area contributed by atoms with Crippen molar-refractivity contribution in [1.82, 2.24) is 0 Å². The van der Waals surface area contributed by atoms with E-state index in [0.717, 1.165) is 11.1 Å². The SMILES string of the molecule is Cc1ccc(CN2c3ccccc3C3=C([C@H](c4ccccc4Br)C(C#N)=C(N)O3)S2(=O)=O)cc1. The van der Waals surface area contributed by atoms with Gasteiger partial charge in [-0.25, -0.2) is 8.42 Å². The third kappa shape index (κ3) is 3.49. The highest BCUT2D eigenvalue weighted by atomic mass is 79.9. The molecule has 5 rings (SSSR count). The van der Waals surface area contributed by atoms with Crippen molar-refractivity contribution in [2.75, 3.05) is 4.31 Å². The smallest absolute Gasteiger partial charge is 0.265 e. The van der Waals surface area contributed by atoms with Gasteiger partial charge in [0.25, 0.3) is 10.0 Å². The number of nitrogens with zero attached hydrogens (tertiary/aromatic N) is 2. The largest absolute Gasteiger partial charge is 0.439 e. The Labute approximate surface area is 206 Å². The maximum Gasteiger partial charge on any atom is 0.265 e. The lowest BCUT2D eigenvalue weighted by atomic mass is 9.88. The van der Waals surface area contributed by atoms with Gasteiger partial charge in [0.15, 0.2) is 5.76 Å². The van der Waals surface area contributed by atoms with E-state index in [1.165, 1.54) is 4.31 Å². The second-order valence-corrected chi connectivity index (χ2v) is 10.8. The Kier molecular flexibility index (Phi) is 5.47. The molecule has 2 heterocycles. The summed E-state index contributed by atoms with van der Waals surface area (Å²) in [7, 11) is -4.10. The molecule has 1 atom stereocenters. The number of halogens is 1. The van der Waals surface area contributed by atoms with Crippen molar-refractivity contribution in [3.8, 4) is 6.07 Å². The average Bonchev–Trinajstić information content (AvgIpc) is 2.82. The normalized spacial score (nSPS) is 18.6. The molecule has 3 aromatic rings. The molecule has 2 N–H and O–H groups in total. The van der Waals surface area contributed by atoms with Gasteiger partial charge in [0, 0.05) is 10.0 Å². The molecule has 6 nitrogen and oxygen atoms in total. The fraction of sp³-hybridized carbons (Fsp3) is 0.115. The van der Waals surface area contributed by atoms with E-state index in [1.54, 1.807) is 24.3 Å². The summed E-state index contributed by atoms with van der Waals surface area (Å²) >= 11 is 3.53. The van der Waals surface area contributed by atoms with Crippen LogP contribution in [-0.2, 0) is 21.3 Å². The number of aryl methyl sites for hydroxylation is 1. The van der Waals surface area contributed by atoms with Crippen LogP contribution in [0.3, 0.4) is 0 Å². The number of sulfonamides is 1. The zero-order valence-electron chi connectivity index (χ0n) is 18.2. The minimum absolute atomic E-state index is 0.0101. The first-order valence-electron chi connectivity index (χ1n) is 10.6. The zero-order valence-corrected chi connectivity index (χ0v) is 20.6. The van der Waals surface area contributed by atoms with Crippen molar-refractivity contribution in [3.63, 3.8) is 0 Å². The molecular weight excluding hydrogens is 514 g/mol. The van der Waals surface area contributed by atoms with E-state index in [2.05, 4.69) is 22.0 Å². The number of ether oxygens (including phenoxy) is 1. The summed E-state index contributed by atoms with van der Waals surface area (Å²) < 4.78 is 36.4. The summed E-state index contributed by atoms with van der Waals surface area (Å²) in [6, 6.07) is 24.2. The van der Waals surface area contributed by atoms with Crippen LogP contribution in [0.15, 0.2) is 93.6 Å². The van der Waals surface area contributed by atoms with Crippen LogP contribution in [0.1, 0.15) is 28.2 Å². The molecule has 0 saturated heterocycles. The summed E-state index contributed by atoms with van der Waals surface area (Å²) in [5.41, 5.74) is 9.89. The molecule has 0 spiro atoms. The molecule has 0 aromatic heterocycles. The Hall–Kier alpha value is -3.54. The molecule has 0 amide bonds. The number of fused-ring (bicyclic) bond motifs is 2. The Morgan fingerprint density at radius 3 is 2.44 bits per heavy atom. The van der Waals surface area contributed by atoms with Gasteiger partial charge in [-0.15, -0.1) is 0 Å². The summed E-state index contributed by atoms with van der Waals surface area (Å²) in [4.78, 5) is 0.0101. The van der Waals surface area contributed by atoms with E-state index in [1.807, 2.05) is 55.5 Å². The molecule has 0 bridgehead atoms. The molecule has 2 aliphatic rings. The Bertz CT molecular complexity index is 1520. The van der Waals surface area contributed by atoms with Gasteiger partial charge in [-0.1, -0.05) is 76.1 Å². The van der Waals surface area contributed by atoms with Gasteiger partial charge in [0.05, 0.1) is 18.2 Å². The maximum atomic E-state index is 14.2. The zero-order chi connectivity index (χ0) is 24.0. The van der Waals surface area contributed by atoms with Gasteiger partial charge >= 0.3 is 0 Å². The number of para-hydroxylation sites is 1. The quantitative estimate of drug-likeness (QED) is 0.493. The number of nitriles is 1. The Morgan fingerprint density at radius 2 is 1.74 bits per heavy atom. The first-order valence-corrected chi connectivity index (χ1v) is 12.8. The third-order valence-corrected chi connectivity index (χ3v) is 8.63. The number of benzene rings is 3. The second-order valence-electron chi connectivity index (χ2n) is 8.15. The van der Waals surface area contributed by atoms with E-state index in [-0.39, 0.29) is 28.7 Å². The Balaban J connectivity index is 1.77. The van der Waals surface area contributed by atoms with Crippen LogP contribution in [0.2, 0.25) is 0 Å². The average molecular weight is 534 g/mol. The van der Waals surface area contributed by atoms with Crippen LogP contribution in [-0.4, -0.2) is 8.42 Å². The second kappa shape index (κ2) is 8.35. The van der Waals surface area contributed by atoms with Gasteiger partial charge in [-0.2, -0.15) is 5.26 Å². The summed E-state index contributed by atoms with van der Waals surface area (Å²) in [6.45, 7) is 2.12. The fourth-order valence-electron chi connectivity index (χ4n) is 4.36. The lowest BCUT2D eigenvalue weighted by Gasteiger charge is -2.38. The third-order valence-electron chi connectivity index (χ3n) is 6.02. The first-order chi connectivity index (χ1) is 16.3. The molecular formula is C26H20BrN3O3S. The van der Waals surface area contributed by atoms with Crippen LogP contribution in [0, 0.1) is 18.3 Å². The number of anilines is 1. The predicted molar refractivity (Wildman–Crippen MR) is 134 cm³/mol. The molecule has 0 aliphatic carbocycles. The molecule has 0 unspecified atom stereocenters. The van der Waals surface area contributed by atoms with Crippen LogP contribution >= 0.6 is 15.9 Å². The van der Waals surface area contributed by atoms with Gasteiger partial charge in [-0.3, -0.25) is 4.31 Å². The fourth-order valence-corrected chi connectivity index (χ4v) is 6.78. The minimum Gasteiger partial charge on any atom is -0.439 e. The topological polar surface area (TPSA) is 96.4 Å². The van der Waals surface area contributed by atoms with Crippen LogP contribution in [0.4, 0.5) is 5.69 Å². The van der Waals surface area contributed by atoms with Gasteiger partial charge < -0.3 is 10.5 Å². The monoisotopic (exact) mass is 533 g/mol. The van der Waals surface area contributed by atoms with E-state index >= 15 is 0 Å². The first kappa shape index (κ1) is 22.3. The summed E-state index contributed by atoms with van der Waals surface area (Å²) in [6.07, 6.45) is 0. The van der Waals surface area contributed by atoms with E-state index in [4.69, 9.17) is 10.5 Å². The van der Waals surface area contributed by atoms with Crippen molar-refractivity contribution < 1.29 is 13.2 Å². The number of allylic oxidation sites excluding steroid dienone is 2. The van der Waals surface area contributed by atoms with Crippen molar-refractivity contribution in [2.24, 2.45) is 5.73 Å². The summed E-state index contributed by atoms with van der Waals surface area (Å²) in [5.74, 6) is -0.852. The minimum atomic E-state index is -4.10. The van der Waals surface area contributed by atoms with Crippen molar-refractivity contribution in [1.29, 1.82) is 5.26 Å². The molecule has 3 aromatic carbocycles. The highest BCUT2D eigenvalue weighted by Crippen LogP contribution is 2.52. The van der Waals surface area contributed by atoms with Gasteiger partial charge in [0.2, 0.25) is 5.88 Å². The molecule has 8 heteroatoms. The van der Waals surface area contributed by atoms with Crippen molar-refractivity contribution >= 4 is 37.4 Å². The van der Waals surface area contributed by atoms with E-state index < -0.39 is 15.9 Å². The Morgan fingerprint density at radius 1 is 1.06 bits per heavy atom.